The van der Waals surface area contributed by atoms with E-state index in [0.717, 1.165) is 11.1 Å². The van der Waals surface area contributed by atoms with Crippen molar-refractivity contribution in [1.82, 2.24) is 14.5 Å². The van der Waals surface area contributed by atoms with E-state index in [-0.39, 0.29) is 17.6 Å². The molecule has 0 fully saturated rings. The zero-order valence-electron chi connectivity index (χ0n) is 18.7. The second kappa shape index (κ2) is 9.49. The van der Waals surface area contributed by atoms with Crippen LogP contribution in [0.4, 0.5) is 0 Å². The molecule has 0 aliphatic carbocycles. The molecule has 1 atom stereocenters. The number of amides is 1. The first kappa shape index (κ1) is 23.2. The Bertz CT molecular complexity index is 1500. The van der Waals surface area contributed by atoms with Gasteiger partial charge in [0.2, 0.25) is 0 Å². The molecule has 0 saturated carbocycles. The molecule has 1 heterocycles. The maximum atomic E-state index is 12.9. The van der Waals surface area contributed by atoms with Crippen molar-refractivity contribution in [3.63, 3.8) is 0 Å². The van der Waals surface area contributed by atoms with Crippen molar-refractivity contribution in [3.8, 4) is 5.69 Å². The van der Waals surface area contributed by atoms with Crippen molar-refractivity contribution in [1.29, 1.82) is 5.41 Å². The molecule has 2 N–H and O–H groups in total. The molecule has 0 saturated heterocycles. The molecule has 172 valence electrons. The molecule has 0 radical (unpaired) electrons. The second-order valence-corrected chi connectivity index (χ2v) is 8.47. The van der Waals surface area contributed by atoms with Crippen LogP contribution >= 0.6 is 11.6 Å². The van der Waals surface area contributed by atoms with Gasteiger partial charge >= 0.3 is 5.69 Å². The van der Waals surface area contributed by atoms with Crippen LogP contribution in [0, 0.1) is 12.3 Å². The van der Waals surface area contributed by atoms with Crippen LogP contribution in [0.15, 0.2) is 71.5 Å². The van der Waals surface area contributed by atoms with Crippen LogP contribution in [0.25, 0.3) is 16.6 Å². The van der Waals surface area contributed by atoms with Crippen molar-refractivity contribution in [3.05, 3.63) is 104 Å². The topological polar surface area (TPSA) is 96.9 Å². The monoisotopic (exact) mass is 474 g/mol. The number of hydrogen-bond donors (Lipinski definition) is 2. The van der Waals surface area contributed by atoms with E-state index in [1.165, 1.54) is 9.13 Å². The fourth-order valence-electron chi connectivity index (χ4n) is 4.00. The number of carbonyl (C=O) groups excluding carboxylic acids is 2. The van der Waals surface area contributed by atoms with Gasteiger partial charge in [-0.2, -0.15) is 0 Å². The normalized spacial score (nSPS) is 11.9. The van der Waals surface area contributed by atoms with Gasteiger partial charge in [0.15, 0.2) is 0 Å². The van der Waals surface area contributed by atoms with E-state index in [4.69, 9.17) is 17.0 Å². The quantitative estimate of drug-likeness (QED) is 0.419. The van der Waals surface area contributed by atoms with Crippen LogP contribution < -0.4 is 16.5 Å². The van der Waals surface area contributed by atoms with Crippen molar-refractivity contribution < 1.29 is 9.59 Å². The minimum atomic E-state index is -0.748. The van der Waals surface area contributed by atoms with E-state index in [0.29, 0.717) is 33.5 Å². The largest absolute Gasteiger partial charge is 0.342 e. The summed E-state index contributed by atoms with van der Waals surface area (Å²) in [5.74, 6) is -0.411. The highest BCUT2D eigenvalue weighted by atomic mass is 35.5. The Labute approximate surface area is 200 Å². The summed E-state index contributed by atoms with van der Waals surface area (Å²) >= 11 is 6.17. The third-order valence-electron chi connectivity index (χ3n) is 5.80. The van der Waals surface area contributed by atoms with Gasteiger partial charge in [-0.3, -0.25) is 14.8 Å². The number of rotatable bonds is 6. The third-order valence-corrected chi connectivity index (χ3v) is 6.12. The molecular formula is C26H23ClN4O3. The summed E-state index contributed by atoms with van der Waals surface area (Å²) in [5.41, 5.74) is 2.85. The summed E-state index contributed by atoms with van der Waals surface area (Å²) in [6.45, 7) is 1.78. The SMILES string of the molecule is Cc1cccc(Cl)c1C(=O)N[C@H](C=O)Cc1ccc(-n2c(=N)c3ccccc3n(C)c2=O)cc1. The summed E-state index contributed by atoms with van der Waals surface area (Å²) in [7, 11) is 1.67. The van der Waals surface area contributed by atoms with Gasteiger partial charge in [0.1, 0.15) is 11.8 Å². The molecule has 4 rings (SSSR count). The van der Waals surface area contributed by atoms with E-state index in [1.807, 2.05) is 12.1 Å². The number of aromatic nitrogens is 2. The van der Waals surface area contributed by atoms with Crippen molar-refractivity contribution >= 4 is 34.7 Å². The van der Waals surface area contributed by atoms with Gasteiger partial charge in [-0.15, -0.1) is 0 Å². The minimum Gasteiger partial charge on any atom is -0.342 e. The fourth-order valence-corrected chi connectivity index (χ4v) is 4.31. The smallest absolute Gasteiger partial charge is 0.334 e. The van der Waals surface area contributed by atoms with Gasteiger partial charge in [-0.1, -0.05) is 48.0 Å². The lowest BCUT2D eigenvalue weighted by Crippen LogP contribution is -2.38. The molecule has 7 nitrogen and oxygen atoms in total. The minimum absolute atomic E-state index is 0.0968. The predicted molar refractivity (Wildman–Crippen MR) is 132 cm³/mol. The molecule has 0 unspecified atom stereocenters. The maximum Gasteiger partial charge on any atom is 0.334 e. The van der Waals surface area contributed by atoms with Crippen LogP contribution in [-0.2, 0) is 18.3 Å². The van der Waals surface area contributed by atoms with Gasteiger partial charge in [0, 0.05) is 12.4 Å². The first-order valence-corrected chi connectivity index (χ1v) is 11.1. The summed E-state index contributed by atoms with van der Waals surface area (Å²) < 4.78 is 2.85. The zero-order chi connectivity index (χ0) is 24.4. The number of aldehydes is 1. The van der Waals surface area contributed by atoms with Gasteiger partial charge in [0.05, 0.1) is 27.8 Å². The highest BCUT2D eigenvalue weighted by Crippen LogP contribution is 2.19. The molecule has 3 aromatic carbocycles. The Morgan fingerprint density at radius 2 is 1.79 bits per heavy atom. The molecule has 34 heavy (non-hydrogen) atoms. The Morgan fingerprint density at radius 1 is 1.09 bits per heavy atom. The highest BCUT2D eigenvalue weighted by Gasteiger charge is 2.18. The maximum absolute atomic E-state index is 12.9. The molecule has 4 aromatic rings. The van der Waals surface area contributed by atoms with E-state index in [9.17, 15) is 14.4 Å². The second-order valence-electron chi connectivity index (χ2n) is 8.06. The van der Waals surface area contributed by atoms with Gasteiger partial charge in [0.25, 0.3) is 5.91 Å². The lowest BCUT2D eigenvalue weighted by atomic mass is 10.0. The molecular weight excluding hydrogens is 452 g/mol. The number of para-hydroxylation sites is 1. The Hall–Kier alpha value is -3.97. The average molecular weight is 475 g/mol. The first-order valence-electron chi connectivity index (χ1n) is 10.7. The van der Waals surface area contributed by atoms with Crippen LogP contribution in [0.3, 0.4) is 0 Å². The number of carbonyl (C=O) groups is 2. The van der Waals surface area contributed by atoms with E-state index >= 15 is 0 Å². The van der Waals surface area contributed by atoms with E-state index in [2.05, 4.69) is 5.32 Å². The fraction of sp³-hybridized carbons (Fsp3) is 0.154. The number of hydrogen-bond acceptors (Lipinski definition) is 4. The van der Waals surface area contributed by atoms with Crippen LogP contribution in [0.5, 0.6) is 0 Å². The van der Waals surface area contributed by atoms with Gasteiger partial charge in [-0.05, 0) is 54.8 Å². The van der Waals surface area contributed by atoms with Crippen molar-refractivity contribution in [2.45, 2.75) is 19.4 Å². The number of halogens is 1. The van der Waals surface area contributed by atoms with Crippen LogP contribution in [-0.4, -0.2) is 27.4 Å². The summed E-state index contributed by atoms with van der Waals surface area (Å²) in [6, 6.07) is 18.7. The molecule has 8 heteroatoms. The first-order chi connectivity index (χ1) is 16.3. The van der Waals surface area contributed by atoms with Crippen molar-refractivity contribution in [2.24, 2.45) is 7.05 Å². The Morgan fingerprint density at radius 3 is 2.47 bits per heavy atom. The summed E-state index contributed by atoms with van der Waals surface area (Å²) in [4.78, 5) is 37.3. The third kappa shape index (κ3) is 4.30. The highest BCUT2D eigenvalue weighted by molar-refractivity contribution is 6.34. The Balaban J connectivity index is 1.59. The zero-order valence-corrected chi connectivity index (χ0v) is 19.5. The van der Waals surface area contributed by atoms with Gasteiger partial charge < -0.3 is 10.1 Å². The van der Waals surface area contributed by atoms with Gasteiger partial charge in [-0.25, -0.2) is 9.36 Å². The average Bonchev–Trinajstić information content (AvgIpc) is 2.83. The number of aryl methyl sites for hydroxylation is 2. The number of fused-ring (bicyclic) bond motifs is 1. The van der Waals surface area contributed by atoms with E-state index in [1.54, 1.807) is 68.6 Å². The number of benzene rings is 3. The molecule has 0 aliphatic heterocycles. The summed E-state index contributed by atoms with van der Waals surface area (Å²) in [5, 5.41) is 12.3. The number of nitrogens with one attached hydrogen (secondary N) is 2. The lowest BCUT2D eigenvalue weighted by molar-refractivity contribution is -0.109. The van der Waals surface area contributed by atoms with Crippen molar-refractivity contribution in [2.75, 3.05) is 0 Å². The standard InChI is InChI=1S/C26H23ClN4O3/c1-16-6-5-8-21(27)23(16)25(33)29-18(15-32)14-17-10-12-19(13-11-17)31-24(28)20-7-3-4-9-22(20)30(2)26(31)34/h3-13,15,18,28H,14H2,1-2H3,(H,29,33)/t18-/m0/s1. The molecule has 0 aliphatic rings. The molecule has 0 spiro atoms. The van der Waals surface area contributed by atoms with Crippen LogP contribution in [0.2, 0.25) is 5.02 Å². The lowest BCUT2D eigenvalue weighted by Gasteiger charge is -2.16. The number of nitrogens with zero attached hydrogens (tertiary/aromatic N) is 2. The molecule has 1 amide bonds. The Kier molecular flexibility index (Phi) is 6.47. The van der Waals surface area contributed by atoms with E-state index < -0.39 is 11.9 Å². The van der Waals surface area contributed by atoms with Crippen LogP contribution in [0.1, 0.15) is 21.5 Å². The molecule has 1 aromatic heterocycles. The predicted octanol–water partition coefficient (Wildman–Crippen LogP) is 3.31. The summed E-state index contributed by atoms with van der Waals surface area (Å²) in [6.07, 6.45) is 0.959. The molecule has 0 bridgehead atoms.